The summed E-state index contributed by atoms with van der Waals surface area (Å²) in [4.78, 5) is 0. The molecule has 0 saturated heterocycles. The third-order valence-electron chi connectivity index (χ3n) is 1.69. The number of hydrogen-bond acceptors (Lipinski definition) is 0. The normalized spacial score (nSPS) is 10.1. The van der Waals surface area contributed by atoms with Gasteiger partial charge in [-0.2, -0.15) is 0 Å². The van der Waals surface area contributed by atoms with Gasteiger partial charge in [-0.05, 0) is 29.7 Å². The van der Waals surface area contributed by atoms with E-state index in [-0.39, 0.29) is 0 Å². The van der Waals surface area contributed by atoms with Gasteiger partial charge in [-0.1, -0.05) is 24.6 Å². The van der Waals surface area contributed by atoms with Crippen LogP contribution in [0.4, 0.5) is 0 Å². The van der Waals surface area contributed by atoms with Crippen LogP contribution in [-0.4, -0.2) is 0 Å². The van der Waals surface area contributed by atoms with Crippen LogP contribution in [0.3, 0.4) is 0 Å². The number of alkyl halides is 1. The van der Waals surface area contributed by atoms with Crippen molar-refractivity contribution in [3.63, 3.8) is 0 Å². The van der Waals surface area contributed by atoms with Crippen LogP contribution in [0, 0.1) is 0 Å². The minimum Gasteiger partial charge on any atom is -0.122 e. The van der Waals surface area contributed by atoms with Gasteiger partial charge in [0, 0.05) is 10.9 Å². The SMILES string of the molecule is CCc1cc(Cl)ccc1CCl. The molecule has 60 valence electrons. The maximum absolute atomic E-state index is 5.81. The Morgan fingerprint density at radius 1 is 1.27 bits per heavy atom. The van der Waals surface area contributed by atoms with Crippen molar-refractivity contribution in [2.75, 3.05) is 0 Å². The van der Waals surface area contributed by atoms with Gasteiger partial charge in [0.05, 0.1) is 0 Å². The van der Waals surface area contributed by atoms with Gasteiger partial charge < -0.3 is 0 Å². The maximum atomic E-state index is 5.81. The van der Waals surface area contributed by atoms with Crippen molar-refractivity contribution >= 4 is 23.2 Å². The molecule has 0 N–H and O–H groups in total. The lowest BCUT2D eigenvalue weighted by Gasteiger charge is -2.03. The molecule has 0 saturated carbocycles. The van der Waals surface area contributed by atoms with E-state index in [9.17, 15) is 0 Å². The first-order valence-electron chi connectivity index (χ1n) is 3.61. The molecule has 0 nitrogen and oxygen atoms in total. The molecule has 0 spiro atoms. The van der Waals surface area contributed by atoms with E-state index in [0.717, 1.165) is 11.4 Å². The van der Waals surface area contributed by atoms with E-state index in [1.54, 1.807) is 0 Å². The third-order valence-corrected chi connectivity index (χ3v) is 2.22. The summed E-state index contributed by atoms with van der Waals surface area (Å²) in [5.41, 5.74) is 2.42. The van der Waals surface area contributed by atoms with Crippen molar-refractivity contribution in [2.45, 2.75) is 19.2 Å². The van der Waals surface area contributed by atoms with E-state index < -0.39 is 0 Å². The number of hydrogen-bond donors (Lipinski definition) is 0. The Labute approximate surface area is 77.1 Å². The van der Waals surface area contributed by atoms with E-state index in [1.807, 2.05) is 18.2 Å². The molecule has 0 aromatic heterocycles. The molecule has 0 fully saturated rings. The van der Waals surface area contributed by atoms with Crippen molar-refractivity contribution in [3.8, 4) is 0 Å². The van der Waals surface area contributed by atoms with Crippen LogP contribution in [0.2, 0.25) is 5.02 Å². The Morgan fingerprint density at radius 2 is 2.00 bits per heavy atom. The van der Waals surface area contributed by atoms with E-state index in [2.05, 4.69) is 6.92 Å². The lowest BCUT2D eigenvalue weighted by molar-refractivity contribution is 1.10. The lowest BCUT2D eigenvalue weighted by atomic mass is 10.1. The molecule has 11 heavy (non-hydrogen) atoms. The highest BCUT2D eigenvalue weighted by molar-refractivity contribution is 6.30. The fourth-order valence-electron chi connectivity index (χ4n) is 1.05. The van der Waals surface area contributed by atoms with Crippen LogP contribution in [0.15, 0.2) is 18.2 Å². The van der Waals surface area contributed by atoms with Crippen molar-refractivity contribution in [1.82, 2.24) is 0 Å². The number of rotatable bonds is 2. The van der Waals surface area contributed by atoms with Crippen LogP contribution in [0.5, 0.6) is 0 Å². The third kappa shape index (κ3) is 2.11. The Kier molecular flexibility index (Phi) is 3.22. The molecular weight excluding hydrogens is 179 g/mol. The summed E-state index contributed by atoms with van der Waals surface area (Å²) < 4.78 is 0. The summed E-state index contributed by atoms with van der Waals surface area (Å²) in [5, 5.41) is 0.788. The van der Waals surface area contributed by atoms with Crippen molar-refractivity contribution < 1.29 is 0 Å². The molecule has 0 radical (unpaired) electrons. The highest BCUT2D eigenvalue weighted by Crippen LogP contribution is 2.17. The van der Waals surface area contributed by atoms with E-state index in [0.29, 0.717) is 5.88 Å². The monoisotopic (exact) mass is 188 g/mol. The van der Waals surface area contributed by atoms with Crippen LogP contribution < -0.4 is 0 Å². The summed E-state index contributed by atoms with van der Waals surface area (Å²) in [5.74, 6) is 0.570. The average molecular weight is 189 g/mol. The molecular formula is C9H10Cl2. The second-order valence-electron chi connectivity index (χ2n) is 2.40. The summed E-state index contributed by atoms with van der Waals surface area (Å²) in [7, 11) is 0. The number of benzene rings is 1. The predicted molar refractivity (Wildman–Crippen MR) is 50.4 cm³/mol. The van der Waals surface area contributed by atoms with E-state index >= 15 is 0 Å². The molecule has 0 aliphatic heterocycles. The number of aryl methyl sites for hydroxylation is 1. The predicted octanol–water partition coefficient (Wildman–Crippen LogP) is 3.64. The Bertz CT molecular complexity index is 243. The van der Waals surface area contributed by atoms with Crippen molar-refractivity contribution in [2.24, 2.45) is 0 Å². The Balaban J connectivity index is 3.06. The molecule has 1 rings (SSSR count). The van der Waals surface area contributed by atoms with Gasteiger partial charge in [0.25, 0.3) is 0 Å². The lowest BCUT2D eigenvalue weighted by Crippen LogP contribution is -1.88. The molecule has 0 unspecified atom stereocenters. The largest absolute Gasteiger partial charge is 0.122 e. The smallest absolute Gasteiger partial charge is 0.0476 e. The van der Waals surface area contributed by atoms with Gasteiger partial charge in [0.1, 0.15) is 0 Å². The van der Waals surface area contributed by atoms with Gasteiger partial charge in [-0.15, -0.1) is 11.6 Å². The van der Waals surface area contributed by atoms with Crippen molar-refractivity contribution in [1.29, 1.82) is 0 Å². The van der Waals surface area contributed by atoms with Gasteiger partial charge in [0.15, 0.2) is 0 Å². The topological polar surface area (TPSA) is 0 Å². The first-order valence-corrected chi connectivity index (χ1v) is 4.52. The standard InChI is InChI=1S/C9H10Cl2/c1-2-7-5-9(11)4-3-8(7)6-10/h3-5H,2,6H2,1H3. The summed E-state index contributed by atoms with van der Waals surface area (Å²) >= 11 is 11.5. The molecule has 2 heteroatoms. The van der Waals surface area contributed by atoms with Crippen molar-refractivity contribution in [3.05, 3.63) is 34.3 Å². The molecule has 0 bridgehead atoms. The fourth-order valence-corrected chi connectivity index (χ4v) is 1.51. The Hall–Kier alpha value is -0.200. The summed E-state index contributed by atoms with van der Waals surface area (Å²) in [6.45, 7) is 2.10. The number of halogens is 2. The second kappa shape index (κ2) is 3.99. The highest BCUT2D eigenvalue weighted by atomic mass is 35.5. The van der Waals surface area contributed by atoms with Gasteiger partial charge in [-0.3, -0.25) is 0 Å². The van der Waals surface area contributed by atoms with Gasteiger partial charge in [-0.25, -0.2) is 0 Å². The van der Waals surface area contributed by atoms with Gasteiger partial charge in [0.2, 0.25) is 0 Å². The van der Waals surface area contributed by atoms with Crippen LogP contribution >= 0.6 is 23.2 Å². The van der Waals surface area contributed by atoms with E-state index in [4.69, 9.17) is 23.2 Å². The average Bonchev–Trinajstić information content (AvgIpc) is 2.04. The summed E-state index contributed by atoms with van der Waals surface area (Å²) in [6, 6.07) is 5.83. The van der Waals surface area contributed by atoms with Gasteiger partial charge >= 0.3 is 0 Å². The quantitative estimate of drug-likeness (QED) is 0.623. The molecule has 0 aliphatic carbocycles. The zero-order valence-electron chi connectivity index (χ0n) is 6.40. The zero-order chi connectivity index (χ0) is 8.27. The minimum absolute atomic E-state index is 0.570. The minimum atomic E-state index is 0.570. The zero-order valence-corrected chi connectivity index (χ0v) is 7.91. The molecule has 0 aliphatic rings. The first kappa shape index (κ1) is 8.89. The Morgan fingerprint density at radius 3 is 2.55 bits per heavy atom. The second-order valence-corrected chi connectivity index (χ2v) is 3.10. The van der Waals surface area contributed by atoms with Crippen LogP contribution in [0.25, 0.3) is 0 Å². The van der Waals surface area contributed by atoms with E-state index in [1.165, 1.54) is 11.1 Å². The highest BCUT2D eigenvalue weighted by Gasteiger charge is 1.98. The summed E-state index contributed by atoms with van der Waals surface area (Å²) in [6.07, 6.45) is 0.989. The first-order chi connectivity index (χ1) is 5.27. The van der Waals surface area contributed by atoms with Crippen LogP contribution in [0.1, 0.15) is 18.1 Å². The molecule has 1 aromatic carbocycles. The maximum Gasteiger partial charge on any atom is 0.0476 e. The molecule has 0 amide bonds. The fraction of sp³-hybridized carbons (Fsp3) is 0.333. The molecule has 0 atom stereocenters. The molecule has 0 heterocycles. The van der Waals surface area contributed by atoms with Crippen LogP contribution in [-0.2, 0) is 12.3 Å². The molecule has 1 aromatic rings.